The van der Waals surface area contributed by atoms with Crippen molar-refractivity contribution in [3.05, 3.63) is 86.6 Å². The van der Waals surface area contributed by atoms with Crippen LogP contribution in [0, 0.1) is 17.0 Å². The second-order valence-corrected chi connectivity index (χ2v) is 6.71. The number of halogens is 1. The Bertz CT molecular complexity index is 1180. The van der Waals surface area contributed by atoms with Gasteiger partial charge in [-0.1, -0.05) is 17.7 Å². The van der Waals surface area contributed by atoms with Crippen LogP contribution in [0.2, 0.25) is 5.02 Å². The molecule has 0 saturated carbocycles. The van der Waals surface area contributed by atoms with Gasteiger partial charge in [0.2, 0.25) is 5.91 Å². The maximum Gasteiger partial charge on any atom is 0.335 e. The first-order valence-corrected chi connectivity index (χ1v) is 8.99. The Morgan fingerprint density at radius 2 is 1.93 bits per heavy atom. The molecule has 3 aromatic rings. The van der Waals surface area contributed by atoms with Gasteiger partial charge in [-0.2, -0.15) is 0 Å². The summed E-state index contributed by atoms with van der Waals surface area (Å²) in [6.45, 7) is 1.75. The standard InChI is InChI=1S/C21H15ClN2O6/c1-12-2-6-15(18(10-12)24(28)29)19-8-4-14(30-19)5-9-20(25)23-17-11-13(21(26)27)3-7-16(17)22/h2-11H,1H3,(H,23,25)(H,26,27)/b9-5+. The van der Waals surface area contributed by atoms with E-state index in [-0.39, 0.29) is 22.0 Å². The average molecular weight is 427 g/mol. The number of hydrogen-bond donors (Lipinski definition) is 2. The minimum absolute atomic E-state index is 0.0194. The van der Waals surface area contributed by atoms with Crippen LogP contribution in [0.5, 0.6) is 0 Å². The monoisotopic (exact) mass is 426 g/mol. The quantitative estimate of drug-likeness (QED) is 0.318. The normalized spacial score (nSPS) is 10.9. The number of carboxylic acid groups (broad SMARTS) is 1. The number of amides is 1. The van der Waals surface area contributed by atoms with Gasteiger partial charge < -0.3 is 14.8 Å². The number of carbonyl (C=O) groups is 2. The summed E-state index contributed by atoms with van der Waals surface area (Å²) in [5, 5.41) is 23.0. The Morgan fingerprint density at radius 1 is 1.17 bits per heavy atom. The molecule has 1 heterocycles. The van der Waals surface area contributed by atoms with E-state index in [0.29, 0.717) is 17.1 Å². The molecule has 2 N–H and O–H groups in total. The first-order valence-electron chi connectivity index (χ1n) is 8.62. The summed E-state index contributed by atoms with van der Waals surface area (Å²) in [5.41, 5.74) is 1.13. The number of carbonyl (C=O) groups excluding carboxylic acids is 1. The van der Waals surface area contributed by atoms with E-state index >= 15 is 0 Å². The molecular weight excluding hydrogens is 412 g/mol. The van der Waals surface area contributed by atoms with E-state index in [1.165, 1.54) is 36.4 Å². The van der Waals surface area contributed by atoms with Crippen molar-refractivity contribution in [1.82, 2.24) is 0 Å². The lowest BCUT2D eigenvalue weighted by atomic mass is 10.1. The van der Waals surface area contributed by atoms with Crippen LogP contribution in [-0.2, 0) is 4.79 Å². The van der Waals surface area contributed by atoms with Gasteiger partial charge in [-0.05, 0) is 55.0 Å². The highest BCUT2D eigenvalue weighted by Crippen LogP contribution is 2.32. The second-order valence-electron chi connectivity index (χ2n) is 6.30. The number of benzene rings is 2. The highest BCUT2D eigenvalue weighted by molar-refractivity contribution is 6.34. The second kappa shape index (κ2) is 8.62. The SMILES string of the molecule is Cc1ccc(-c2ccc(/C=C/C(=O)Nc3cc(C(=O)O)ccc3Cl)o2)c([N+](=O)[O-])c1. The van der Waals surface area contributed by atoms with E-state index in [4.69, 9.17) is 21.1 Å². The summed E-state index contributed by atoms with van der Waals surface area (Å²) in [5.74, 6) is -1.11. The number of aromatic carboxylic acids is 1. The molecule has 0 radical (unpaired) electrons. The summed E-state index contributed by atoms with van der Waals surface area (Å²) in [6.07, 6.45) is 2.56. The van der Waals surface area contributed by atoms with E-state index in [1.54, 1.807) is 31.2 Å². The number of nitrogens with one attached hydrogen (secondary N) is 1. The Labute approximate surface area is 175 Å². The van der Waals surface area contributed by atoms with E-state index in [2.05, 4.69) is 5.32 Å². The fraction of sp³-hybridized carbons (Fsp3) is 0.0476. The lowest BCUT2D eigenvalue weighted by Gasteiger charge is -2.06. The molecule has 0 aliphatic heterocycles. The minimum Gasteiger partial charge on any atom is -0.478 e. The molecule has 0 atom stereocenters. The van der Waals surface area contributed by atoms with Gasteiger partial charge >= 0.3 is 5.97 Å². The minimum atomic E-state index is -1.15. The lowest BCUT2D eigenvalue weighted by molar-refractivity contribution is -0.384. The molecule has 0 unspecified atom stereocenters. The van der Waals surface area contributed by atoms with Gasteiger partial charge in [0.25, 0.3) is 5.69 Å². The van der Waals surface area contributed by atoms with Crippen molar-refractivity contribution in [1.29, 1.82) is 0 Å². The van der Waals surface area contributed by atoms with Gasteiger partial charge in [-0.25, -0.2) is 4.79 Å². The molecule has 9 heteroatoms. The van der Waals surface area contributed by atoms with Crippen molar-refractivity contribution in [2.45, 2.75) is 6.92 Å². The number of nitro groups is 1. The molecule has 0 bridgehead atoms. The molecule has 1 amide bonds. The van der Waals surface area contributed by atoms with Gasteiger partial charge in [0.05, 0.1) is 26.8 Å². The van der Waals surface area contributed by atoms with Crippen LogP contribution in [0.15, 0.2) is 59.0 Å². The van der Waals surface area contributed by atoms with Crippen LogP contribution in [0.3, 0.4) is 0 Å². The lowest BCUT2D eigenvalue weighted by Crippen LogP contribution is -2.09. The third kappa shape index (κ3) is 4.73. The Kier molecular flexibility index (Phi) is 5.98. The average Bonchev–Trinajstić information content (AvgIpc) is 3.16. The molecule has 2 aromatic carbocycles. The largest absolute Gasteiger partial charge is 0.478 e. The molecule has 0 fully saturated rings. The summed E-state index contributed by atoms with van der Waals surface area (Å²) >= 11 is 5.98. The van der Waals surface area contributed by atoms with Gasteiger partial charge in [0.1, 0.15) is 11.5 Å². The van der Waals surface area contributed by atoms with E-state index in [1.807, 2.05) is 0 Å². The number of nitrogens with zero attached hydrogens (tertiary/aromatic N) is 1. The van der Waals surface area contributed by atoms with Crippen LogP contribution in [-0.4, -0.2) is 21.9 Å². The Balaban J connectivity index is 1.77. The molecule has 3 rings (SSSR count). The van der Waals surface area contributed by atoms with Crippen LogP contribution in [0.4, 0.5) is 11.4 Å². The maximum atomic E-state index is 12.1. The molecule has 0 aliphatic rings. The van der Waals surface area contributed by atoms with Crippen LogP contribution >= 0.6 is 11.6 Å². The molecule has 0 saturated heterocycles. The Hall–Kier alpha value is -3.91. The summed E-state index contributed by atoms with van der Waals surface area (Å²) in [6, 6.07) is 11.9. The molecule has 0 aliphatic carbocycles. The summed E-state index contributed by atoms with van der Waals surface area (Å²) in [4.78, 5) is 34.0. The van der Waals surface area contributed by atoms with Crippen LogP contribution in [0.25, 0.3) is 17.4 Å². The number of hydrogen-bond acceptors (Lipinski definition) is 5. The van der Waals surface area contributed by atoms with Gasteiger partial charge in [-0.15, -0.1) is 0 Å². The predicted molar refractivity (Wildman–Crippen MR) is 112 cm³/mol. The molecular formula is C21H15ClN2O6. The van der Waals surface area contributed by atoms with Crippen molar-refractivity contribution in [3.8, 4) is 11.3 Å². The number of aryl methyl sites for hydroxylation is 1. The number of furan rings is 1. The number of nitro benzene ring substituents is 1. The summed E-state index contributed by atoms with van der Waals surface area (Å²) < 4.78 is 5.60. The van der Waals surface area contributed by atoms with Crippen molar-refractivity contribution in [3.63, 3.8) is 0 Å². The van der Waals surface area contributed by atoms with Crippen molar-refractivity contribution >= 4 is 40.9 Å². The van der Waals surface area contributed by atoms with Gasteiger partial charge in [-0.3, -0.25) is 14.9 Å². The fourth-order valence-electron chi connectivity index (χ4n) is 2.67. The molecule has 152 valence electrons. The predicted octanol–water partition coefficient (Wildman–Crippen LogP) is 5.17. The van der Waals surface area contributed by atoms with Crippen molar-refractivity contribution in [2.24, 2.45) is 0 Å². The molecule has 8 nitrogen and oxygen atoms in total. The zero-order valence-corrected chi connectivity index (χ0v) is 16.3. The van der Waals surface area contributed by atoms with Gasteiger partial charge in [0, 0.05) is 12.1 Å². The van der Waals surface area contributed by atoms with Crippen LogP contribution < -0.4 is 5.32 Å². The molecule has 30 heavy (non-hydrogen) atoms. The molecule has 0 spiro atoms. The topological polar surface area (TPSA) is 123 Å². The van der Waals surface area contributed by atoms with E-state index < -0.39 is 16.8 Å². The zero-order chi connectivity index (χ0) is 21.8. The fourth-order valence-corrected chi connectivity index (χ4v) is 2.84. The first-order chi connectivity index (χ1) is 14.2. The third-order valence-electron chi connectivity index (χ3n) is 4.11. The van der Waals surface area contributed by atoms with E-state index in [9.17, 15) is 19.7 Å². The summed E-state index contributed by atoms with van der Waals surface area (Å²) in [7, 11) is 0. The first kappa shape index (κ1) is 20.8. The smallest absolute Gasteiger partial charge is 0.335 e. The zero-order valence-electron chi connectivity index (χ0n) is 15.6. The Morgan fingerprint density at radius 3 is 2.63 bits per heavy atom. The van der Waals surface area contributed by atoms with E-state index in [0.717, 1.165) is 5.56 Å². The number of carboxylic acids is 1. The van der Waals surface area contributed by atoms with Gasteiger partial charge in [0.15, 0.2) is 0 Å². The maximum absolute atomic E-state index is 12.1. The highest BCUT2D eigenvalue weighted by atomic mass is 35.5. The third-order valence-corrected chi connectivity index (χ3v) is 4.44. The number of anilines is 1. The van der Waals surface area contributed by atoms with Crippen LogP contribution in [0.1, 0.15) is 21.7 Å². The van der Waals surface area contributed by atoms with Crippen molar-refractivity contribution in [2.75, 3.05) is 5.32 Å². The molecule has 1 aromatic heterocycles. The van der Waals surface area contributed by atoms with Crippen molar-refractivity contribution < 1.29 is 24.0 Å². The highest BCUT2D eigenvalue weighted by Gasteiger charge is 2.18. The number of rotatable bonds is 6.